The molecule has 2 aromatic carbocycles. The highest BCUT2D eigenvalue weighted by molar-refractivity contribution is 6.91. The van der Waals surface area contributed by atoms with E-state index in [2.05, 4.69) is 78.9 Å². The Labute approximate surface area is 129 Å². The molecular formula is C20H23B. The second-order valence-electron chi connectivity index (χ2n) is 4.94. The van der Waals surface area contributed by atoms with Gasteiger partial charge in [0, 0.05) is 0 Å². The third-order valence-electron chi connectivity index (χ3n) is 3.62. The van der Waals surface area contributed by atoms with Gasteiger partial charge < -0.3 is 0 Å². The molecule has 3 rings (SSSR count). The summed E-state index contributed by atoms with van der Waals surface area (Å²) in [6, 6.07) is 21.5. The Morgan fingerprint density at radius 1 is 0.714 bits per heavy atom. The van der Waals surface area contributed by atoms with Crippen molar-refractivity contribution in [3.63, 3.8) is 0 Å². The van der Waals surface area contributed by atoms with Crippen LogP contribution in [0.1, 0.15) is 26.7 Å². The fourth-order valence-electron chi connectivity index (χ4n) is 2.72. The lowest BCUT2D eigenvalue weighted by Gasteiger charge is -2.18. The smallest absolute Gasteiger partial charge is 0.0889 e. The lowest BCUT2D eigenvalue weighted by molar-refractivity contribution is 1.03. The highest BCUT2D eigenvalue weighted by Gasteiger charge is 2.22. The molecule has 0 heterocycles. The van der Waals surface area contributed by atoms with E-state index >= 15 is 0 Å². The Bertz CT molecular complexity index is 542. The lowest BCUT2D eigenvalue weighted by atomic mass is 9.36. The Hall–Kier alpha value is -2.02. The molecule has 1 aliphatic carbocycles. The predicted octanol–water partition coefficient (Wildman–Crippen LogP) is 4.14. The standard InChI is InChI=1S/C18H17B.C2H6/c1-4-10-16(11-5-1)19(17-12-6-2-7-13-17)18-14-8-3-9-15-18;1-2/h1-2,4-8,10-15H,3,9H2;1-2H3. The van der Waals surface area contributed by atoms with Gasteiger partial charge in [0.05, 0.1) is 0 Å². The number of hydrogen-bond acceptors (Lipinski definition) is 0. The van der Waals surface area contributed by atoms with Gasteiger partial charge in [0.25, 0.3) is 0 Å². The fourth-order valence-corrected chi connectivity index (χ4v) is 2.72. The van der Waals surface area contributed by atoms with Gasteiger partial charge in [0.1, 0.15) is 0 Å². The molecule has 2 aromatic rings. The van der Waals surface area contributed by atoms with Gasteiger partial charge in [-0.1, -0.05) is 109 Å². The largest absolute Gasteiger partial charge is 0.240 e. The topological polar surface area (TPSA) is 0 Å². The van der Waals surface area contributed by atoms with Gasteiger partial charge in [0.2, 0.25) is 6.71 Å². The van der Waals surface area contributed by atoms with Crippen LogP contribution in [0.2, 0.25) is 0 Å². The number of hydrogen-bond donors (Lipinski definition) is 0. The first-order valence-corrected chi connectivity index (χ1v) is 7.91. The summed E-state index contributed by atoms with van der Waals surface area (Å²) in [5.41, 5.74) is 4.15. The van der Waals surface area contributed by atoms with E-state index < -0.39 is 0 Å². The van der Waals surface area contributed by atoms with E-state index in [4.69, 9.17) is 0 Å². The van der Waals surface area contributed by atoms with Crippen LogP contribution < -0.4 is 10.9 Å². The Kier molecular flexibility index (Phi) is 6.09. The van der Waals surface area contributed by atoms with Gasteiger partial charge in [-0.05, 0) is 12.8 Å². The van der Waals surface area contributed by atoms with Gasteiger partial charge in [-0.2, -0.15) is 0 Å². The van der Waals surface area contributed by atoms with Crippen molar-refractivity contribution >= 4 is 17.6 Å². The first-order chi connectivity index (χ1) is 10.4. The quantitative estimate of drug-likeness (QED) is 0.738. The second-order valence-corrected chi connectivity index (χ2v) is 4.94. The van der Waals surface area contributed by atoms with Crippen molar-refractivity contribution in [1.29, 1.82) is 0 Å². The van der Waals surface area contributed by atoms with Crippen LogP contribution in [0.4, 0.5) is 0 Å². The second kappa shape index (κ2) is 8.31. The molecule has 0 amide bonds. The molecule has 0 atom stereocenters. The average Bonchev–Trinajstić information content (AvgIpc) is 2.60. The van der Waals surface area contributed by atoms with Crippen LogP contribution >= 0.6 is 0 Å². The molecule has 0 nitrogen and oxygen atoms in total. The first-order valence-electron chi connectivity index (χ1n) is 7.91. The molecule has 0 saturated heterocycles. The minimum Gasteiger partial charge on any atom is -0.0889 e. The molecule has 0 radical (unpaired) electrons. The molecule has 1 aliphatic rings. The third-order valence-corrected chi connectivity index (χ3v) is 3.62. The minimum atomic E-state index is 0.360. The highest BCUT2D eigenvalue weighted by atomic mass is 14.0. The van der Waals surface area contributed by atoms with Crippen LogP contribution in [0.3, 0.4) is 0 Å². The predicted molar refractivity (Wildman–Crippen MR) is 95.7 cm³/mol. The van der Waals surface area contributed by atoms with Gasteiger partial charge in [0.15, 0.2) is 0 Å². The van der Waals surface area contributed by atoms with Crippen LogP contribution in [0, 0.1) is 0 Å². The van der Waals surface area contributed by atoms with Crippen molar-refractivity contribution in [2.24, 2.45) is 0 Å². The van der Waals surface area contributed by atoms with Gasteiger partial charge in [-0.15, -0.1) is 0 Å². The first kappa shape index (κ1) is 15.4. The molecule has 21 heavy (non-hydrogen) atoms. The Morgan fingerprint density at radius 2 is 1.24 bits per heavy atom. The summed E-state index contributed by atoms with van der Waals surface area (Å²) in [5.74, 6) is 0. The summed E-state index contributed by atoms with van der Waals surface area (Å²) < 4.78 is 0. The van der Waals surface area contributed by atoms with E-state index in [9.17, 15) is 0 Å². The van der Waals surface area contributed by atoms with Crippen molar-refractivity contribution < 1.29 is 0 Å². The van der Waals surface area contributed by atoms with Crippen LogP contribution in [-0.2, 0) is 0 Å². The molecule has 0 bridgehead atoms. The SMILES string of the molecule is C1=CC(B(c2ccccc2)c2ccccc2)=CCC1.CC. The maximum absolute atomic E-state index is 2.38. The number of benzene rings is 2. The van der Waals surface area contributed by atoms with Crippen LogP contribution in [0.5, 0.6) is 0 Å². The van der Waals surface area contributed by atoms with E-state index in [0.717, 1.165) is 6.42 Å². The van der Waals surface area contributed by atoms with Gasteiger partial charge >= 0.3 is 0 Å². The molecule has 106 valence electrons. The summed E-state index contributed by atoms with van der Waals surface area (Å²) >= 11 is 0. The Balaban J connectivity index is 0.000000774. The zero-order valence-corrected chi connectivity index (χ0v) is 13.0. The maximum atomic E-state index is 2.38. The van der Waals surface area contributed by atoms with Crippen molar-refractivity contribution in [3.05, 3.63) is 84.4 Å². The van der Waals surface area contributed by atoms with Crippen molar-refractivity contribution in [1.82, 2.24) is 0 Å². The fraction of sp³-hybridized carbons (Fsp3) is 0.200. The molecule has 0 spiro atoms. The molecule has 0 fully saturated rings. The monoisotopic (exact) mass is 274 g/mol. The highest BCUT2D eigenvalue weighted by Crippen LogP contribution is 2.13. The van der Waals surface area contributed by atoms with E-state index in [1.165, 1.54) is 22.8 Å². The van der Waals surface area contributed by atoms with E-state index in [1.54, 1.807) is 0 Å². The molecule has 0 saturated carbocycles. The molecule has 0 aromatic heterocycles. The van der Waals surface area contributed by atoms with Crippen molar-refractivity contribution in [2.75, 3.05) is 0 Å². The zero-order chi connectivity index (χ0) is 14.9. The summed E-state index contributed by atoms with van der Waals surface area (Å²) in [6.07, 6.45) is 9.27. The zero-order valence-electron chi connectivity index (χ0n) is 13.0. The third kappa shape index (κ3) is 3.98. The normalized spacial score (nSPS) is 13.0. The summed E-state index contributed by atoms with van der Waals surface area (Å²) in [7, 11) is 0. The van der Waals surface area contributed by atoms with Crippen molar-refractivity contribution in [3.8, 4) is 0 Å². The van der Waals surface area contributed by atoms with Crippen LogP contribution in [0.15, 0.2) is 84.4 Å². The van der Waals surface area contributed by atoms with E-state index in [-0.39, 0.29) is 0 Å². The summed E-state index contributed by atoms with van der Waals surface area (Å²) in [5, 5.41) is 0. The van der Waals surface area contributed by atoms with Crippen LogP contribution in [-0.4, -0.2) is 6.71 Å². The van der Waals surface area contributed by atoms with Gasteiger partial charge in [-0.25, -0.2) is 0 Å². The molecule has 0 N–H and O–H groups in total. The molecule has 1 heteroatoms. The van der Waals surface area contributed by atoms with E-state index in [0.29, 0.717) is 6.71 Å². The molecule has 0 aliphatic heterocycles. The van der Waals surface area contributed by atoms with Gasteiger partial charge in [-0.3, -0.25) is 0 Å². The molecule has 0 unspecified atom stereocenters. The maximum Gasteiger partial charge on any atom is 0.240 e. The Morgan fingerprint density at radius 3 is 1.67 bits per heavy atom. The van der Waals surface area contributed by atoms with Crippen LogP contribution in [0.25, 0.3) is 0 Å². The van der Waals surface area contributed by atoms with E-state index in [1.807, 2.05) is 13.8 Å². The lowest BCUT2D eigenvalue weighted by Crippen LogP contribution is -2.43. The van der Waals surface area contributed by atoms with Crippen molar-refractivity contribution in [2.45, 2.75) is 26.7 Å². The average molecular weight is 274 g/mol. The summed E-state index contributed by atoms with van der Waals surface area (Å²) in [4.78, 5) is 0. The summed E-state index contributed by atoms with van der Waals surface area (Å²) in [6.45, 7) is 4.36. The minimum absolute atomic E-state index is 0.360. The number of rotatable bonds is 3. The molecular weight excluding hydrogens is 251 g/mol. The number of allylic oxidation sites excluding steroid dienone is 4.